The van der Waals surface area contributed by atoms with Gasteiger partial charge in [0.15, 0.2) is 6.10 Å². The molecule has 1 N–H and O–H groups in total. The van der Waals surface area contributed by atoms with E-state index in [1.807, 2.05) is 61.5 Å². The second-order valence-corrected chi connectivity index (χ2v) is 6.00. The van der Waals surface area contributed by atoms with Crippen LogP contribution in [0.5, 0.6) is 5.75 Å². The fraction of sp³-hybridized carbons (Fsp3) is 0.273. The Morgan fingerprint density at radius 2 is 1.74 bits per heavy atom. The summed E-state index contributed by atoms with van der Waals surface area (Å²) in [6.45, 7) is 4.07. The van der Waals surface area contributed by atoms with Gasteiger partial charge in [-0.05, 0) is 31.1 Å². The van der Waals surface area contributed by atoms with Crippen molar-refractivity contribution in [2.45, 2.75) is 26.4 Å². The van der Waals surface area contributed by atoms with Gasteiger partial charge in [-0.2, -0.15) is 0 Å². The van der Waals surface area contributed by atoms with Gasteiger partial charge in [0.25, 0.3) is 5.91 Å². The van der Waals surface area contributed by atoms with Crippen LogP contribution in [0.3, 0.4) is 0 Å². The summed E-state index contributed by atoms with van der Waals surface area (Å²) in [4.78, 5) is 24.9. The first kappa shape index (κ1) is 20.2. The summed E-state index contributed by atoms with van der Waals surface area (Å²) in [7, 11) is 1.58. The summed E-state index contributed by atoms with van der Waals surface area (Å²) in [6, 6.07) is 16.6. The highest BCUT2D eigenvalue weighted by molar-refractivity contribution is 6.22. The van der Waals surface area contributed by atoms with Crippen molar-refractivity contribution in [2.24, 2.45) is 0 Å². The number of carbonyl (C=O) groups excluding carboxylic acids is 2. The van der Waals surface area contributed by atoms with Gasteiger partial charge in [-0.3, -0.25) is 4.79 Å². The number of esters is 1. The molecule has 1 unspecified atom stereocenters. The zero-order chi connectivity index (χ0) is 19.6. The lowest BCUT2D eigenvalue weighted by Crippen LogP contribution is -2.36. The van der Waals surface area contributed by atoms with Gasteiger partial charge in [0.2, 0.25) is 0 Å². The molecule has 5 heteroatoms. The normalized spacial score (nSPS) is 12.2. The smallest absolute Gasteiger partial charge is 0.339 e. The molecule has 0 fully saturated rings. The molecule has 142 valence electrons. The summed E-state index contributed by atoms with van der Waals surface area (Å²) in [5, 5.41) is 2.73. The van der Waals surface area contributed by atoms with Gasteiger partial charge in [-0.15, -0.1) is 0 Å². The Kier molecular flexibility index (Phi) is 7.62. The maximum Gasteiger partial charge on any atom is 0.339 e. The predicted molar refractivity (Wildman–Crippen MR) is 106 cm³/mol. The molecule has 0 aliphatic carbocycles. The number of ether oxygens (including phenoxy) is 2. The predicted octanol–water partition coefficient (Wildman–Crippen LogP) is 3.69. The Bertz CT molecular complexity index is 799. The van der Waals surface area contributed by atoms with E-state index >= 15 is 0 Å². The molecular weight excluding hydrogens is 342 g/mol. The number of benzene rings is 2. The lowest BCUT2D eigenvalue weighted by atomic mass is 10.0. The van der Waals surface area contributed by atoms with Crippen molar-refractivity contribution >= 4 is 23.5 Å². The second kappa shape index (κ2) is 10.2. The molecule has 0 spiro atoms. The van der Waals surface area contributed by atoms with Crippen LogP contribution in [0, 0.1) is 0 Å². The maximum atomic E-state index is 12.8. The van der Waals surface area contributed by atoms with E-state index < -0.39 is 12.1 Å². The van der Waals surface area contributed by atoms with Gasteiger partial charge < -0.3 is 14.8 Å². The van der Waals surface area contributed by atoms with Gasteiger partial charge in [0.05, 0.1) is 12.7 Å². The Labute approximate surface area is 160 Å². The molecule has 2 rings (SSSR count). The van der Waals surface area contributed by atoms with E-state index in [0.717, 1.165) is 12.0 Å². The van der Waals surface area contributed by atoms with E-state index in [-0.39, 0.29) is 5.91 Å². The summed E-state index contributed by atoms with van der Waals surface area (Å²) in [5.41, 5.74) is 1.81. The topological polar surface area (TPSA) is 64.6 Å². The van der Waals surface area contributed by atoms with Crippen LogP contribution in [0.4, 0.5) is 0 Å². The Balaban J connectivity index is 2.32. The Morgan fingerprint density at radius 3 is 2.41 bits per heavy atom. The number of methoxy groups -OCH3 is 1. The fourth-order valence-electron chi connectivity index (χ4n) is 2.49. The van der Waals surface area contributed by atoms with Crippen LogP contribution < -0.4 is 10.1 Å². The minimum Gasteiger partial charge on any atom is -0.496 e. The van der Waals surface area contributed by atoms with Crippen LogP contribution in [0.1, 0.15) is 31.4 Å². The first-order chi connectivity index (χ1) is 13.1. The number of para-hydroxylation sites is 1. The number of hydrogen-bond donors (Lipinski definition) is 1. The zero-order valence-corrected chi connectivity index (χ0v) is 15.9. The molecule has 0 saturated carbocycles. The molecule has 0 bridgehead atoms. The summed E-state index contributed by atoms with van der Waals surface area (Å²) < 4.78 is 10.8. The van der Waals surface area contributed by atoms with Gasteiger partial charge in [-0.25, -0.2) is 4.79 Å². The molecule has 2 aromatic carbocycles. The number of rotatable bonds is 8. The van der Waals surface area contributed by atoms with E-state index in [4.69, 9.17) is 9.47 Å². The number of hydrogen-bond acceptors (Lipinski definition) is 4. The van der Waals surface area contributed by atoms with E-state index in [1.54, 1.807) is 20.1 Å². The fourth-order valence-corrected chi connectivity index (χ4v) is 2.49. The third-order valence-corrected chi connectivity index (χ3v) is 3.95. The quantitative estimate of drug-likeness (QED) is 0.439. The van der Waals surface area contributed by atoms with E-state index in [0.29, 0.717) is 23.4 Å². The molecule has 0 aliphatic heterocycles. The van der Waals surface area contributed by atoms with Crippen molar-refractivity contribution in [3.63, 3.8) is 0 Å². The molecule has 2 aromatic rings. The molecule has 27 heavy (non-hydrogen) atoms. The van der Waals surface area contributed by atoms with Crippen molar-refractivity contribution in [1.29, 1.82) is 0 Å². The molecule has 0 saturated heterocycles. The monoisotopic (exact) mass is 367 g/mol. The van der Waals surface area contributed by atoms with Crippen molar-refractivity contribution in [3.05, 3.63) is 65.7 Å². The number of carbonyl (C=O) groups is 2. The van der Waals surface area contributed by atoms with Gasteiger partial charge in [-0.1, -0.05) is 55.5 Å². The van der Waals surface area contributed by atoms with Crippen LogP contribution in [-0.4, -0.2) is 31.6 Å². The van der Waals surface area contributed by atoms with E-state index in [1.165, 1.54) is 0 Å². The highest BCUT2D eigenvalue weighted by Gasteiger charge is 2.21. The number of amides is 1. The minimum absolute atomic E-state index is 0.310. The van der Waals surface area contributed by atoms with Gasteiger partial charge in [0.1, 0.15) is 5.75 Å². The summed E-state index contributed by atoms with van der Waals surface area (Å²) in [6.07, 6.45) is 1.65. The SMILES string of the molecule is CCCNC(=O)C(C)OC(=O)/C(=C/c1ccccc1OC)c1ccccc1. The van der Waals surface area contributed by atoms with Crippen molar-refractivity contribution in [2.75, 3.05) is 13.7 Å². The van der Waals surface area contributed by atoms with Crippen LogP contribution in [0.25, 0.3) is 11.6 Å². The average Bonchev–Trinajstić information content (AvgIpc) is 2.70. The van der Waals surface area contributed by atoms with Crippen LogP contribution >= 0.6 is 0 Å². The third-order valence-electron chi connectivity index (χ3n) is 3.95. The Hall–Kier alpha value is -3.08. The lowest BCUT2D eigenvalue weighted by molar-refractivity contribution is -0.149. The second-order valence-electron chi connectivity index (χ2n) is 6.00. The first-order valence-electron chi connectivity index (χ1n) is 8.95. The molecule has 1 atom stereocenters. The van der Waals surface area contributed by atoms with Gasteiger partial charge in [0, 0.05) is 12.1 Å². The highest BCUT2D eigenvalue weighted by Crippen LogP contribution is 2.25. The molecule has 1 amide bonds. The molecule has 0 heterocycles. The number of nitrogens with one attached hydrogen (secondary N) is 1. The molecule has 0 radical (unpaired) electrons. The molecule has 0 aliphatic rings. The lowest BCUT2D eigenvalue weighted by Gasteiger charge is -2.15. The average molecular weight is 367 g/mol. The molecule has 0 aromatic heterocycles. The van der Waals surface area contributed by atoms with Crippen LogP contribution in [0.2, 0.25) is 0 Å². The third kappa shape index (κ3) is 5.71. The van der Waals surface area contributed by atoms with E-state index in [9.17, 15) is 9.59 Å². The molecule has 5 nitrogen and oxygen atoms in total. The minimum atomic E-state index is -0.881. The zero-order valence-electron chi connectivity index (χ0n) is 15.9. The van der Waals surface area contributed by atoms with Crippen molar-refractivity contribution in [3.8, 4) is 5.75 Å². The van der Waals surface area contributed by atoms with Gasteiger partial charge >= 0.3 is 5.97 Å². The largest absolute Gasteiger partial charge is 0.496 e. The highest BCUT2D eigenvalue weighted by atomic mass is 16.5. The first-order valence-corrected chi connectivity index (χ1v) is 8.95. The summed E-state index contributed by atoms with van der Waals surface area (Å²) in [5.74, 6) is -0.228. The molecular formula is C22H25NO4. The van der Waals surface area contributed by atoms with Crippen molar-refractivity contribution in [1.82, 2.24) is 5.32 Å². The summed E-state index contributed by atoms with van der Waals surface area (Å²) >= 11 is 0. The van der Waals surface area contributed by atoms with Crippen LogP contribution in [-0.2, 0) is 14.3 Å². The van der Waals surface area contributed by atoms with Crippen molar-refractivity contribution < 1.29 is 19.1 Å². The van der Waals surface area contributed by atoms with E-state index in [2.05, 4.69) is 5.32 Å². The van der Waals surface area contributed by atoms with Crippen LogP contribution in [0.15, 0.2) is 54.6 Å². The maximum absolute atomic E-state index is 12.8. The Morgan fingerprint density at radius 1 is 1.07 bits per heavy atom. The standard InChI is InChI=1S/C22H25NO4/c1-4-14-23-21(24)16(2)27-22(25)19(17-10-6-5-7-11-17)15-18-12-8-9-13-20(18)26-3/h5-13,15-16H,4,14H2,1-3H3,(H,23,24)/b19-15+.